The first kappa shape index (κ1) is 15.3. The number of benzene rings is 1. The van der Waals surface area contributed by atoms with Gasteiger partial charge in [0, 0.05) is 7.05 Å². The molecule has 1 aromatic carbocycles. The van der Waals surface area contributed by atoms with E-state index in [9.17, 15) is 9.90 Å². The molecule has 1 aromatic rings. The molecule has 2 rings (SSSR count). The number of carbonyl (C=O) groups is 1. The fourth-order valence-corrected chi connectivity index (χ4v) is 2.65. The first-order valence-corrected chi connectivity index (χ1v) is 7.19. The molecule has 0 bridgehead atoms. The van der Waals surface area contributed by atoms with Crippen LogP contribution in [0.25, 0.3) is 0 Å². The van der Waals surface area contributed by atoms with Crippen LogP contribution in [0.5, 0.6) is 5.75 Å². The lowest BCUT2D eigenvalue weighted by molar-refractivity contribution is -0.137. The summed E-state index contributed by atoms with van der Waals surface area (Å²) in [6, 6.07) is 8.71. The third-order valence-electron chi connectivity index (χ3n) is 3.94. The van der Waals surface area contributed by atoms with Crippen molar-refractivity contribution in [3.8, 4) is 11.8 Å². The van der Waals surface area contributed by atoms with Crippen LogP contribution in [-0.4, -0.2) is 41.7 Å². The number of nitriles is 1. The molecule has 21 heavy (non-hydrogen) atoms. The van der Waals surface area contributed by atoms with Crippen molar-refractivity contribution in [3.05, 3.63) is 29.8 Å². The van der Waals surface area contributed by atoms with Crippen LogP contribution in [0.15, 0.2) is 24.3 Å². The van der Waals surface area contributed by atoms with Crippen LogP contribution in [0.4, 0.5) is 0 Å². The van der Waals surface area contributed by atoms with Crippen molar-refractivity contribution in [2.45, 2.75) is 37.8 Å². The number of ether oxygens (including phenoxy) is 1. The van der Waals surface area contributed by atoms with Gasteiger partial charge < -0.3 is 14.7 Å². The van der Waals surface area contributed by atoms with Crippen molar-refractivity contribution in [2.24, 2.45) is 0 Å². The fraction of sp³-hybridized carbons (Fsp3) is 0.500. The quantitative estimate of drug-likeness (QED) is 0.915. The van der Waals surface area contributed by atoms with Gasteiger partial charge >= 0.3 is 0 Å². The predicted octanol–water partition coefficient (Wildman–Crippen LogP) is 1.70. The van der Waals surface area contributed by atoms with Gasteiger partial charge in [-0.1, -0.05) is 25.0 Å². The summed E-state index contributed by atoms with van der Waals surface area (Å²) in [7, 11) is 1.70. The molecule has 2 atom stereocenters. The molecule has 1 N–H and O–H groups in total. The summed E-state index contributed by atoms with van der Waals surface area (Å²) in [6.07, 6.45) is 3.13. The van der Waals surface area contributed by atoms with E-state index in [-0.39, 0.29) is 18.6 Å². The number of hydrogen-bond acceptors (Lipinski definition) is 4. The van der Waals surface area contributed by atoms with E-state index < -0.39 is 6.10 Å². The highest BCUT2D eigenvalue weighted by atomic mass is 16.5. The third-order valence-corrected chi connectivity index (χ3v) is 3.94. The molecule has 0 radical (unpaired) electrons. The van der Waals surface area contributed by atoms with Crippen LogP contribution in [0.3, 0.4) is 0 Å². The zero-order valence-corrected chi connectivity index (χ0v) is 12.2. The molecule has 1 aliphatic rings. The summed E-state index contributed by atoms with van der Waals surface area (Å²) in [5.41, 5.74) is 0.408. The smallest absolute Gasteiger partial charge is 0.260 e. The van der Waals surface area contributed by atoms with E-state index in [0.717, 1.165) is 25.7 Å². The zero-order chi connectivity index (χ0) is 15.2. The number of likely N-dealkylation sites (N-methyl/N-ethyl adjacent to an activating group) is 1. The fourth-order valence-electron chi connectivity index (χ4n) is 2.65. The first-order valence-electron chi connectivity index (χ1n) is 7.19. The zero-order valence-electron chi connectivity index (χ0n) is 12.2. The minimum atomic E-state index is -0.459. The minimum Gasteiger partial charge on any atom is -0.482 e. The molecular weight excluding hydrogens is 268 g/mol. The molecule has 1 saturated carbocycles. The summed E-state index contributed by atoms with van der Waals surface area (Å²) < 4.78 is 5.44. The summed E-state index contributed by atoms with van der Waals surface area (Å²) in [6.45, 7) is -0.127. The van der Waals surface area contributed by atoms with Crippen molar-refractivity contribution in [1.82, 2.24) is 4.90 Å². The molecule has 0 aliphatic heterocycles. The Bertz CT molecular complexity index is 539. The van der Waals surface area contributed by atoms with Crippen molar-refractivity contribution in [2.75, 3.05) is 13.7 Å². The van der Waals surface area contributed by atoms with E-state index >= 15 is 0 Å². The third kappa shape index (κ3) is 3.73. The molecule has 5 heteroatoms. The van der Waals surface area contributed by atoms with Gasteiger partial charge in [-0.05, 0) is 25.0 Å². The summed E-state index contributed by atoms with van der Waals surface area (Å²) in [5.74, 6) is 0.222. The van der Waals surface area contributed by atoms with Crippen molar-refractivity contribution in [1.29, 1.82) is 5.26 Å². The Balaban J connectivity index is 1.93. The van der Waals surface area contributed by atoms with Gasteiger partial charge in [0.15, 0.2) is 6.61 Å². The van der Waals surface area contributed by atoms with Crippen molar-refractivity contribution < 1.29 is 14.6 Å². The van der Waals surface area contributed by atoms with Gasteiger partial charge in [-0.15, -0.1) is 0 Å². The maximum Gasteiger partial charge on any atom is 0.260 e. The normalized spacial score (nSPS) is 21.4. The molecule has 112 valence electrons. The van der Waals surface area contributed by atoms with E-state index in [1.54, 1.807) is 36.2 Å². The lowest BCUT2D eigenvalue weighted by Crippen LogP contribution is -2.47. The van der Waals surface area contributed by atoms with E-state index in [2.05, 4.69) is 0 Å². The number of aliphatic hydroxyl groups is 1. The molecule has 1 fully saturated rings. The van der Waals surface area contributed by atoms with Gasteiger partial charge in [0.1, 0.15) is 11.8 Å². The first-order chi connectivity index (χ1) is 10.1. The van der Waals surface area contributed by atoms with Crippen LogP contribution in [0.1, 0.15) is 31.2 Å². The minimum absolute atomic E-state index is 0.127. The second-order valence-corrected chi connectivity index (χ2v) is 5.32. The highest BCUT2D eigenvalue weighted by Gasteiger charge is 2.29. The number of nitrogens with zero attached hydrogens (tertiary/aromatic N) is 2. The molecule has 1 aliphatic carbocycles. The molecule has 5 nitrogen and oxygen atoms in total. The number of hydrogen-bond donors (Lipinski definition) is 1. The van der Waals surface area contributed by atoms with Crippen molar-refractivity contribution >= 4 is 5.91 Å². The maximum absolute atomic E-state index is 12.2. The Morgan fingerprint density at radius 2 is 2.14 bits per heavy atom. The molecule has 2 unspecified atom stereocenters. The maximum atomic E-state index is 12.2. The van der Waals surface area contributed by atoms with Gasteiger partial charge in [-0.2, -0.15) is 5.26 Å². The van der Waals surface area contributed by atoms with Gasteiger partial charge in [-0.25, -0.2) is 0 Å². The summed E-state index contributed by atoms with van der Waals surface area (Å²) in [5, 5.41) is 19.0. The van der Waals surface area contributed by atoms with E-state index in [4.69, 9.17) is 10.00 Å². The van der Waals surface area contributed by atoms with Crippen molar-refractivity contribution in [3.63, 3.8) is 0 Å². The van der Waals surface area contributed by atoms with Gasteiger partial charge in [-0.3, -0.25) is 4.79 Å². The highest BCUT2D eigenvalue weighted by molar-refractivity contribution is 5.78. The lowest BCUT2D eigenvalue weighted by Gasteiger charge is -2.35. The van der Waals surface area contributed by atoms with Gasteiger partial charge in [0.2, 0.25) is 0 Å². The second-order valence-electron chi connectivity index (χ2n) is 5.32. The van der Waals surface area contributed by atoms with Crippen LogP contribution in [-0.2, 0) is 4.79 Å². The molecule has 0 aromatic heterocycles. The van der Waals surface area contributed by atoms with Crippen LogP contribution in [0, 0.1) is 11.3 Å². The molecular formula is C16H20N2O3. The molecule has 0 saturated heterocycles. The lowest BCUT2D eigenvalue weighted by atomic mass is 9.91. The number of carbonyl (C=O) groups excluding carboxylic acids is 1. The van der Waals surface area contributed by atoms with E-state index in [1.165, 1.54) is 0 Å². The Kier molecular flexibility index (Phi) is 5.18. The number of amides is 1. The summed E-state index contributed by atoms with van der Waals surface area (Å²) >= 11 is 0. The van der Waals surface area contributed by atoms with Crippen LogP contribution in [0.2, 0.25) is 0 Å². The molecule has 0 spiro atoms. The average Bonchev–Trinajstić information content (AvgIpc) is 2.52. The van der Waals surface area contributed by atoms with Gasteiger partial charge in [0.05, 0.1) is 17.7 Å². The predicted molar refractivity (Wildman–Crippen MR) is 77.7 cm³/mol. The highest BCUT2D eigenvalue weighted by Crippen LogP contribution is 2.23. The number of para-hydroxylation sites is 1. The van der Waals surface area contributed by atoms with Gasteiger partial charge in [0.25, 0.3) is 5.91 Å². The number of aliphatic hydroxyl groups excluding tert-OH is 1. The standard InChI is InChI=1S/C16H20N2O3/c1-18(13-7-3-4-8-14(13)19)16(20)11-21-15-9-5-2-6-12(15)10-17/h2,5-6,9,13-14,19H,3-4,7-8,11H2,1H3. The van der Waals surface area contributed by atoms with E-state index in [0.29, 0.717) is 11.3 Å². The SMILES string of the molecule is CN(C(=O)COc1ccccc1C#N)C1CCCCC1O. The Hall–Kier alpha value is -2.06. The topological polar surface area (TPSA) is 73.6 Å². The molecule has 0 heterocycles. The van der Waals surface area contributed by atoms with Crippen LogP contribution < -0.4 is 4.74 Å². The Morgan fingerprint density at radius 1 is 1.43 bits per heavy atom. The largest absolute Gasteiger partial charge is 0.482 e. The summed E-state index contributed by atoms with van der Waals surface area (Å²) in [4.78, 5) is 13.7. The second kappa shape index (κ2) is 7.09. The monoisotopic (exact) mass is 288 g/mol. The molecule has 1 amide bonds. The Morgan fingerprint density at radius 3 is 2.86 bits per heavy atom. The number of rotatable bonds is 4. The average molecular weight is 288 g/mol. The van der Waals surface area contributed by atoms with Crippen LogP contribution >= 0.6 is 0 Å². The Labute approximate surface area is 124 Å². The van der Waals surface area contributed by atoms with E-state index in [1.807, 2.05) is 6.07 Å².